The van der Waals surface area contributed by atoms with E-state index in [0.717, 1.165) is 109 Å². The Hall–Kier alpha value is -3.59. The lowest BCUT2D eigenvalue weighted by molar-refractivity contribution is -0.161. The van der Waals surface area contributed by atoms with Gasteiger partial charge >= 0.3 is 19.8 Å². The van der Waals surface area contributed by atoms with Crippen LogP contribution in [0.5, 0.6) is 0 Å². The zero-order valence-electron chi connectivity index (χ0n) is 54.8. The van der Waals surface area contributed by atoms with E-state index in [1.54, 1.807) is 0 Å². The first-order chi connectivity index (χ1) is 41.8. The van der Waals surface area contributed by atoms with Crippen molar-refractivity contribution in [3.05, 3.63) is 122 Å². The number of hydrogen-bond acceptors (Lipinski definition) is 8. The summed E-state index contributed by atoms with van der Waals surface area (Å²) in [6.07, 6.45) is 97.4. The molecule has 0 spiro atoms. The number of hydrogen-bond donors (Lipinski definition) is 2. The van der Waals surface area contributed by atoms with Crippen LogP contribution < -0.4 is 5.73 Å². The predicted octanol–water partition coefficient (Wildman–Crippen LogP) is 23.1. The second-order valence-corrected chi connectivity index (χ2v) is 24.4. The minimum Gasteiger partial charge on any atom is -0.462 e. The van der Waals surface area contributed by atoms with E-state index in [9.17, 15) is 19.0 Å². The molecule has 2 unspecified atom stereocenters. The van der Waals surface area contributed by atoms with E-state index in [-0.39, 0.29) is 38.6 Å². The maximum Gasteiger partial charge on any atom is 0.472 e. The van der Waals surface area contributed by atoms with E-state index in [1.807, 2.05) is 0 Å². The summed E-state index contributed by atoms with van der Waals surface area (Å²) in [6, 6.07) is 0. The van der Waals surface area contributed by atoms with Crippen LogP contribution in [0.15, 0.2) is 122 Å². The highest BCUT2D eigenvalue weighted by molar-refractivity contribution is 7.47. The normalized spacial score (nSPS) is 13.7. The maximum absolute atomic E-state index is 12.7. The molecule has 0 fully saturated rings. The highest BCUT2D eigenvalue weighted by Gasteiger charge is 2.26. The summed E-state index contributed by atoms with van der Waals surface area (Å²) in [6.45, 7) is 3.51. The second kappa shape index (κ2) is 69.5. The van der Waals surface area contributed by atoms with Crippen LogP contribution in [-0.4, -0.2) is 49.3 Å². The first-order valence-corrected chi connectivity index (χ1v) is 36.5. The lowest BCUT2D eigenvalue weighted by Gasteiger charge is -2.19. The lowest BCUT2D eigenvalue weighted by atomic mass is 10.0. The number of phosphoric ester groups is 1. The van der Waals surface area contributed by atoms with E-state index in [0.29, 0.717) is 6.42 Å². The average molecular weight is 1200 g/mol. The number of carbonyl (C=O) groups is 2. The van der Waals surface area contributed by atoms with Crippen LogP contribution in [0.2, 0.25) is 0 Å². The van der Waals surface area contributed by atoms with Gasteiger partial charge in [-0.25, -0.2) is 4.57 Å². The SMILES string of the molecule is CC/C=C\C/C=C\C/C=C\C/C=C\C/C=C\C/C=C\CCCCCCC(=O)OC(COC(=O)CCCCCCCCCCCCCCCCCCCCCCCCCCCCCC/C=C\C/C=C\C/C=C\C/C=C\CC)COP(=O)(O)OCCN. The van der Waals surface area contributed by atoms with Gasteiger partial charge in [-0.3, -0.25) is 18.6 Å². The molecule has 0 aliphatic carbocycles. The lowest BCUT2D eigenvalue weighted by Crippen LogP contribution is -2.29. The molecule has 0 aliphatic heterocycles. The fraction of sp³-hybridized carbons (Fsp3) is 0.707. The average Bonchev–Trinajstić information content (AvgIpc) is 3.52. The summed E-state index contributed by atoms with van der Waals surface area (Å²) >= 11 is 0. The molecule has 85 heavy (non-hydrogen) atoms. The third kappa shape index (κ3) is 69.4. The van der Waals surface area contributed by atoms with Gasteiger partial charge in [0.2, 0.25) is 0 Å². The Morgan fingerprint density at radius 3 is 0.906 bits per heavy atom. The van der Waals surface area contributed by atoms with Crippen LogP contribution >= 0.6 is 7.82 Å². The Morgan fingerprint density at radius 1 is 0.353 bits per heavy atom. The van der Waals surface area contributed by atoms with Gasteiger partial charge in [-0.1, -0.05) is 315 Å². The fourth-order valence-corrected chi connectivity index (χ4v) is 10.5. The molecule has 10 heteroatoms. The minimum absolute atomic E-state index is 0.0449. The van der Waals surface area contributed by atoms with Crippen molar-refractivity contribution >= 4 is 19.8 Å². The van der Waals surface area contributed by atoms with Crippen molar-refractivity contribution in [1.29, 1.82) is 0 Å². The van der Waals surface area contributed by atoms with E-state index < -0.39 is 26.5 Å². The second-order valence-electron chi connectivity index (χ2n) is 23.0. The summed E-state index contributed by atoms with van der Waals surface area (Å²) in [7, 11) is -4.41. The molecule has 488 valence electrons. The quantitative estimate of drug-likeness (QED) is 0.0264. The van der Waals surface area contributed by atoms with Gasteiger partial charge in [-0.2, -0.15) is 0 Å². The number of phosphoric acid groups is 1. The largest absolute Gasteiger partial charge is 0.472 e. The van der Waals surface area contributed by atoms with Crippen LogP contribution in [0, 0.1) is 0 Å². The fourth-order valence-electron chi connectivity index (χ4n) is 9.75. The number of ether oxygens (including phenoxy) is 2. The van der Waals surface area contributed by atoms with Crippen LogP contribution in [-0.2, 0) is 32.7 Å². The summed E-state index contributed by atoms with van der Waals surface area (Å²) in [5.74, 6) is -0.852. The van der Waals surface area contributed by atoms with Gasteiger partial charge in [0.25, 0.3) is 0 Å². The molecule has 9 nitrogen and oxygen atoms in total. The summed E-state index contributed by atoms with van der Waals surface area (Å²) in [5, 5.41) is 0. The number of nitrogens with two attached hydrogens (primary N) is 1. The molecule has 0 bridgehead atoms. The van der Waals surface area contributed by atoms with Gasteiger partial charge in [0.1, 0.15) is 6.61 Å². The molecule has 0 aromatic carbocycles. The molecule has 2 atom stereocenters. The molecule has 0 rings (SSSR count). The van der Waals surface area contributed by atoms with Crippen molar-refractivity contribution in [3.63, 3.8) is 0 Å². The number of esters is 2. The van der Waals surface area contributed by atoms with E-state index >= 15 is 0 Å². The summed E-state index contributed by atoms with van der Waals surface area (Å²) in [4.78, 5) is 35.3. The van der Waals surface area contributed by atoms with E-state index in [4.69, 9.17) is 24.3 Å². The maximum atomic E-state index is 12.7. The van der Waals surface area contributed by atoms with Gasteiger partial charge in [-0.15, -0.1) is 0 Å². The highest BCUT2D eigenvalue weighted by atomic mass is 31.2. The van der Waals surface area contributed by atoms with Crippen molar-refractivity contribution in [2.75, 3.05) is 26.4 Å². The predicted molar refractivity (Wildman–Crippen MR) is 367 cm³/mol. The van der Waals surface area contributed by atoms with Crippen molar-refractivity contribution in [2.24, 2.45) is 5.73 Å². The monoisotopic (exact) mass is 1200 g/mol. The molecule has 0 aromatic heterocycles. The summed E-state index contributed by atoms with van der Waals surface area (Å²) < 4.78 is 33.1. The Morgan fingerprint density at radius 2 is 0.612 bits per heavy atom. The van der Waals surface area contributed by atoms with Crippen LogP contribution in [0.25, 0.3) is 0 Å². The smallest absolute Gasteiger partial charge is 0.462 e. The zero-order valence-corrected chi connectivity index (χ0v) is 55.7. The third-order valence-corrected chi connectivity index (χ3v) is 15.8. The molecule has 0 saturated carbocycles. The molecule has 0 amide bonds. The standard InChI is InChI=1S/C75H130NO8P/c1-3-5-7-9-11-13-15-17-19-21-23-25-27-28-29-30-31-32-33-34-35-36-37-38-39-40-41-42-43-44-46-47-49-51-53-55-57-59-61-63-65-67-74(77)81-71-73(72-83-85(79,80)82-70-69-76)84-75(78)68-66-64-62-60-58-56-54-52-50-48-45-26-24-22-20-18-16-14-12-10-8-6-4-2/h5-8,11-14,17-20,23-26,48,50,54,56,73H,3-4,9-10,15-16,21-22,27-47,49,51-53,55,57-72,76H2,1-2H3,(H,79,80)/b7-5-,8-6-,13-11-,14-12-,19-17-,20-18-,25-23-,26-24-,50-48-,56-54-. The molecular weight excluding hydrogens is 1070 g/mol. The molecular formula is C75H130NO8P. The first-order valence-electron chi connectivity index (χ1n) is 35.0. The zero-order chi connectivity index (χ0) is 61.6. The van der Waals surface area contributed by atoms with Gasteiger partial charge < -0.3 is 20.1 Å². The highest BCUT2D eigenvalue weighted by Crippen LogP contribution is 2.43. The molecule has 3 N–H and O–H groups in total. The first kappa shape index (κ1) is 81.4. The minimum atomic E-state index is -4.41. The van der Waals surface area contributed by atoms with Gasteiger partial charge in [0, 0.05) is 19.4 Å². The van der Waals surface area contributed by atoms with Gasteiger partial charge in [0.15, 0.2) is 6.10 Å². The topological polar surface area (TPSA) is 134 Å². The van der Waals surface area contributed by atoms with Crippen molar-refractivity contribution < 1.29 is 37.6 Å². The molecule has 0 heterocycles. The van der Waals surface area contributed by atoms with Crippen LogP contribution in [0.3, 0.4) is 0 Å². The van der Waals surface area contributed by atoms with Crippen LogP contribution in [0.4, 0.5) is 0 Å². The molecule has 0 radical (unpaired) electrons. The Balaban J connectivity index is 3.82. The van der Waals surface area contributed by atoms with Crippen molar-refractivity contribution in [2.45, 2.75) is 315 Å². The number of rotatable bonds is 65. The Labute approximate surface area is 523 Å². The van der Waals surface area contributed by atoms with Crippen molar-refractivity contribution in [1.82, 2.24) is 0 Å². The number of carbonyl (C=O) groups excluding carboxylic acids is 2. The molecule has 0 saturated heterocycles. The van der Waals surface area contributed by atoms with E-state index in [1.165, 1.54) is 167 Å². The van der Waals surface area contributed by atoms with E-state index in [2.05, 4.69) is 135 Å². The Kier molecular flexibility index (Phi) is 66.6. The summed E-state index contributed by atoms with van der Waals surface area (Å²) in [5.41, 5.74) is 5.39. The van der Waals surface area contributed by atoms with Gasteiger partial charge in [-0.05, 0) is 103 Å². The molecule has 0 aliphatic rings. The molecule has 0 aromatic rings. The Bertz CT molecular complexity index is 1810. The van der Waals surface area contributed by atoms with Crippen LogP contribution in [0.1, 0.15) is 309 Å². The number of allylic oxidation sites excluding steroid dienone is 20. The van der Waals surface area contributed by atoms with Gasteiger partial charge in [0.05, 0.1) is 13.2 Å². The van der Waals surface area contributed by atoms with Crippen molar-refractivity contribution in [3.8, 4) is 0 Å². The number of unbranched alkanes of at least 4 members (excludes halogenated alkanes) is 32. The third-order valence-electron chi connectivity index (χ3n) is 14.8.